The van der Waals surface area contributed by atoms with Crippen molar-refractivity contribution in [2.24, 2.45) is 5.41 Å². The van der Waals surface area contributed by atoms with Gasteiger partial charge < -0.3 is 5.11 Å². The highest BCUT2D eigenvalue weighted by Crippen LogP contribution is 2.44. The molecule has 1 unspecified atom stereocenters. The van der Waals surface area contributed by atoms with E-state index < -0.39 is 6.10 Å². The van der Waals surface area contributed by atoms with E-state index in [-0.39, 0.29) is 5.41 Å². The van der Waals surface area contributed by atoms with E-state index in [1.807, 2.05) is 20.8 Å². The van der Waals surface area contributed by atoms with Crippen LogP contribution < -0.4 is 0 Å². The summed E-state index contributed by atoms with van der Waals surface area (Å²) < 4.78 is 0. The number of hydrogen-bond donors (Lipinski definition) is 1. The first-order valence-corrected chi connectivity index (χ1v) is 9.09. The van der Waals surface area contributed by atoms with Gasteiger partial charge in [0.2, 0.25) is 0 Å². The SMILES string of the molecule is CC.Cc1c(C=O)c(C2CCCC2)nc2c1C(O)CC(C)(C)C2. The first kappa shape index (κ1) is 18.1. The highest BCUT2D eigenvalue weighted by molar-refractivity contribution is 5.80. The van der Waals surface area contributed by atoms with Gasteiger partial charge >= 0.3 is 0 Å². The molecule has 23 heavy (non-hydrogen) atoms. The van der Waals surface area contributed by atoms with Crippen LogP contribution in [0.4, 0.5) is 0 Å². The van der Waals surface area contributed by atoms with Crippen LogP contribution in [0.25, 0.3) is 0 Å². The molecule has 1 heterocycles. The van der Waals surface area contributed by atoms with E-state index in [2.05, 4.69) is 13.8 Å². The summed E-state index contributed by atoms with van der Waals surface area (Å²) in [5, 5.41) is 10.5. The highest BCUT2D eigenvalue weighted by Gasteiger charge is 2.35. The average Bonchev–Trinajstić information content (AvgIpc) is 3.01. The zero-order valence-electron chi connectivity index (χ0n) is 15.3. The zero-order chi connectivity index (χ0) is 17.2. The number of aliphatic hydroxyl groups excluding tert-OH is 1. The Balaban J connectivity index is 0.000000924. The first-order valence-electron chi connectivity index (χ1n) is 9.09. The van der Waals surface area contributed by atoms with E-state index in [1.165, 1.54) is 12.8 Å². The maximum atomic E-state index is 11.6. The van der Waals surface area contributed by atoms with Gasteiger partial charge in [0, 0.05) is 22.7 Å². The number of aldehydes is 1. The summed E-state index contributed by atoms with van der Waals surface area (Å²) in [7, 11) is 0. The molecule has 1 fully saturated rings. The second-order valence-corrected chi connectivity index (χ2v) is 7.56. The predicted molar refractivity (Wildman–Crippen MR) is 94.0 cm³/mol. The molecule has 2 aliphatic carbocycles. The van der Waals surface area contributed by atoms with Gasteiger partial charge in [0.25, 0.3) is 0 Å². The van der Waals surface area contributed by atoms with Crippen molar-refractivity contribution in [3.8, 4) is 0 Å². The van der Waals surface area contributed by atoms with E-state index >= 15 is 0 Å². The Morgan fingerprint density at radius 3 is 2.39 bits per heavy atom. The summed E-state index contributed by atoms with van der Waals surface area (Å²) in [6, 6.07) is 0. The summed E-state index contributed by atoms with van der Waals surface area (Å²) in [4.78, 5) is 16.5. The molecule has 0 spiro atoms. The topological polar surface area (TPSA) is 50.2 Å². The molecule has 0 saturated heterocycles. The molecule has 128 valence electrons. The summed E-state index contributed by atoms with van der Waals surface area (Å²) >= 11 is 0. The third-order valence-electron chi connectivity index (χ3n) is 5.24. The van der Waals surface area contributed by atoms with E-state index in [9.17, 15) is 9.90 Å². The van der Waals surface area contributed by atoms with Crippen LogP contribution in [-0.2, 0) is 6.42 Å². The van der Waals surface area contributed by atoms with Crippen LogP contribution in [0.15, 0.2) is 0 Å². The van der Waals surface area contributed by atoms with Gasteiger partial charge in [-0.25, -0.2) is 0 Å². The zero-order valence-corrected chi connectivity index (χ0v) is 15.3. The fourth-order valence-corrected chi connectivity index (χ4v) is 4.21. The number of aromatic nitrogens is 1. The Hall–Kier alpha value is -1.22. The number of carbonyl (C=O) groups is 1. The van der Waals surface area contributed by atoms with Crippen molar-refractivity contribution < 1.29 is 9.90 Å². The molecular formula is C20H31NO2. The van der Waals surface area contributed by atoms with Gasteiger partial charge in [-0.05, 0) is 43.6 Å². The number of nitrogens with zero attached hydrogens (tertiary/aromatic N) is 1. The number of aliphatic hydroxyl groups is 1. The van der Waals surface area contributed by atoms with Crippen LogP contribution in [0.3, 0.4) is 0 Å². The number of carbonyl (C=O) groups excluding carboxylic acids is 1. The molecule has 1 atom stereocenters. The van der Waals surface area contributed by atoms with Crippen molar-refractivity contribution >= 4 is 6.29 Å². The van der Waals surface area contributed by atoms with Crippen LogP contribution in [0.5, 0.6) is 0 Å². The smallest absolute Gasteiger partial charge is 0.152 e. The third kappa shape index (κ3) is 3.50. The van der Waals surface area contributed by atoms with Crippen LogP contribution in [0.1, 0.15) is 105 Å². The number of hydrogen-bond acceptors (Lipinski definition) is 3. The standard InChI is InChI=1S/C18H25NO2.C2H6/c1-11-13(10-20)17(12-6-4-5-7-12)19-14-8-18(2,3)9-15(21)16(11)14;1-2/h10,12,15,21H,4-9H2,1-3H3;1-2H3. The maximum Gasteiger partial charge on any atom is 0.152 e. The van der Waals surface area contributed by atoms with E-state index in [1.54, 1.807) is 0 Å². The van der Waals surface area contributed by atoms with E-state index in [0.29, 0.717) is 5.92 Å². The molecule has 1 aromatic heterocycles. The van der Waals surface area contributed by atoms with Crippen molar-refractivity contribution in [2.75, 3.05) is 0 Å². The monoisotopic (exact) mass is 317 g/mol. The average molecular weight is 317 g/mol. The van der Waals surface area contributed by atoms with Gasteiger partial charge in [-0.1, -0.05) is 40.5 Å². The Bertz CT molecular complexity index is 571. The van der Waals surface area contributed by atoms with E-state index in [4.69, 9.17) is 4.98 Å². The second kappa shape index (κ2) is 7.12. The Morgan fingerprint density at radius 2 is 1.83 bits per heavy atom. The predicted octanol–water partition coefficient (Wildman–Crippen LogP) is 4.89. The van der Waals surface area contributed by atoms with Gasteiger partial charge in [0.05, 0.1) is 11.8 Å². The third-order valence-corrected chi connectivity index (χ3v) is 5.24. The molecule has 2 aliphatic rings. The molecule has 0 radical (unpaired) electrons. The molecule has 3 nitrogen and oxygen atoms in total. The summed E-state index contributed by atoms with van der Waals surface area (Å²) in [6.45, 7) is 10.3. The summed E-state index contributed by atoms with van der Waals surface area (Å²) in [5.41, 5.74) is 4.69. The lowest BCUT2D eigenvalue weighted by molar-refractivity contribution is 0.0971. The van der Waals surface area contributed by atoms with Crippen molar-refractivity contribution in [3.05, 3.63) is 28.1 Å². The lowest BCUT2D eigenvalue weighted by Crippen LogP contribution is -2.28. The summed E-state index contributed by atoms with van der Waals surface area (Å²) in [6.07, 6.45) is 6.82. The van der Waals surface area contributed by atoms with Crippen molar-refractivity contribution in [3.63, 3.8) is 0 Å². The van der Waals surface area contributed by atoms with Crippen LogP contribution in [-0.4, -0.2) is 16.4 Å². The Kier molecular flexibility index (Phi) is 5.61. The molecule has 3 rings (SSSR count). The highest BCUT2D eigenvalue weighted by atomic mass is 16.3. The van der Waals surface area contributed by atoms with Crippen LogP contribution >= 0.6 is 0 Å². The number of fused-ring (bicyclic) bond motifs is 1. The normalized spacial score (nSPS) is 23.0. The largest absolute Gasteiger partial charge is 0.388 e. The lowest BCUT2D eigenvalue weighted by Gasteiger charge is -2.36. The molecule has 0 bridgehead atoms. The second-order valence-electron chi connectivity index (χ2n) is 7.56. The quantitative estimate of drug-likeness (QED) is 0.790. The molecule has 0 aromatic carbocycles. The lowest BCUT2D eigenvalue weighted by atomic mass is 9.73. The molecule has 0 amide bonds. The van der Waals surface area contributed by atoms with Gasteiger partial charge in [0.1, 0.15) is 0 Å². The fraction of sp³-hybridized carbons (Fsp3) is 0.700. The van der Waals surface area contributed by atoms with Gasteiger partial charge in [-0.2, -0.15) is 0 Å². The minimum Gasteiger partial charge on any atom is -0.388 e. The van der Waals surface area contributed by atoms with Crippen molar-refractivity contribution in [1.82, 2.24) is 4.98 Å². The molecule has 0 aliphatic heterocycles. The van der Waals surface area contributed by atoms with Crippen LogP contribution in [0.2, 0.25) is 0 Å². The molecule has 1 aromatic rings. The Labute approximate surface area is 140 Å². The molecule has 3 heteroatoms. The maximum absolute atomic E-state index is 11.6. The number of pyridine rings is 1. The van der Waals surface area contributed by atoms with Gasteiger partial charge in [-0.15, -0.1) is 0 Å². The first-order chi connectivity index (χ1) is 10.9. The van der Waals surface area contributed by atoms with Crippen molar-refractivity contribution in [2.45, 2.75) is 85.2 Å². The minimum absolute atomic E-state index is 0.0709. The number of rotatable bonds is 2. The van der Waals surface area contributed by atoms with Crippen LogP contribution in [0, 0.1) is 12.3 Å². The summed E-state index contributed by atoms with van der Waals surface area (Å²) in [5.74, 6) is 0.427. The molecule has 1 N–H and O–H groups in total. The van der Waals surface area contributed by atoms with E-state index in [0.717, 1.165) is 60.0 Å². The fourth-order valence-electron chi connectivity index (χ4n) is 4.21. The van der Waals surface area contributed by atoms with Gasteiger partial charge in [-0.3, -0.25) is 9.78 Å². The Morgan fingerprint density at radius 1 is 1.22 bits per heavy atom. The molecule has 1 saturated carbocycles. The van der Waals surface area contributed by atoms with Gasteiger partial charge in [0.15, 0.2) is 6.29 Å². The van der Waals surface area contributed by atoms with Crippen molar-refractivity contribution in [1.29, 1.82) is 0 Å². The minimum atomic E-state index is -0.493. The molecular weight excluding hydrogens is 286 g/mol.